The van der Waals surface area contributed by atoms with Gasteiger partial charge in [0, 0.05) is 5.56 Å². The second kappa shape index (κ2) is 4.97. The molecular formula is C13H8N2O4S2. The zero-order valence-corrected chi connectivity index (χ0v) is 12.1. The molecule has 2 aliphatic rings. The van der Waals surface area contributed by atoms with E-state index in [4.69, 9.17) is 17.3 Å². The number of fused-ring (bicyclic) bond motifs is 1. The maximum Gasteiger partial charge on any atom is 0.323 e. The SMILES string of the molecule is O=C(O)CN1C(=O)C(=C2SC(=O)NC2=S)c2ccccc21. The molecule has 1 aromatic rings. The highest BCUT2D eigenvalue weighted by molar-refractivity contribution is 8.19. The zero-order valence-electron chi connectivity index (χ0n) is 10.5. The van der Waals surface area contributed by atoms with Gasteiger partial charge in [0.1, 0.15) is 11.5 Å². The van der Waals surface area contributed by atoms with Crippen LogP contribution in [-0.4, -0.2) is 33.8 Å². The van der Waals surface area contributed by atoms with Crippen LogP contribution in [0.1, 0.15) is 5.56 Å². The summed E-state index contributed by atoms with van der Waals surface area (Å²) in [5.74, 6) is -1.57. The number of carbonyl (C=O) groups excluding carboxylic acids is 2. The molecule has 1 fully saturated rings. The third kappa shape index (κ3) is 2.22. The summed E-state index contributed by atoms with van der Waals surface area (Å²) in [6, 6.07) is 6.85. The van der Waals surface area contributed by atoms with Gasteiger partial charge >= 0.3 is 5.97 Å². The number of hydrogen-bond donors (Lipinski definition) is 2. The van der Waals surface area contributed by atoms with Crippen LogP contribution in [0.15, 0.2) is 29.2 Å². The van der Waals surface area contributed by atoms with Crippen molar-refractivity contribution in [3.05, 3.63) is 34.7 Å². The highest BCUT2D eigenvalue weighted by atomic mass is 32.2. The number of nitrogens with one attached hydrogen (secondary N) is 1. The molecule has 2 aliphatic heterocycles. The Balaban J connectivity index is 2.18. The highest BCUT2D eigenvalue weighted by Gasteiger charge is 2.38. The Bertz CT molecular complexity index is 741. The molecule has 2 amide bonds. The van der Waals surface area contributed by atoms with Gasteiger partial charge in [-0.3, -0.25) is 19.3 Å². The molecule has 2 N–H and O–H groups in total. The van der Waals surface area contributed by atoms with E-state index in [2.05, 4.69) is 5.32 Å². The van der Waals surface area contributed by atoms with Crippen LogP contribution < -0.4 is 10.2 Å². The summed E-state index contributed by atoms with van der Waals surface area (Å²) in [6.45, 7) is -0.439. The lowest BCUT2D eigenvalue weighted by Crippen LogP contribution is -2.32. The maximum atomic E-state index is 12.5. The number of aliphatic carboxylic acids is 1. The van der Waals surface area contributed by atoms with Gasteiger partial charge in [0.15, 0.2) is 0 Å². The molecule has 0 unspecified atom stereocenters. The number of para-hydroxylation sites is 1. The number of anilines is 1. The highest BCUT2D eigenvalue weighted by Crippen LogP contribution is 2.42. The summed E-state index contributed by atoms with van der Waals surface area (Å²) < 4.78 is 0. The van der Waals surface area contributed by atoms with Crippen molar-refractivity contribution in [2.45, 2.75) is 0 Å². The first-order valence-corrected chi connectivity index (χ1v) is 7.12. The van der Waals surface area contributed by atoms with E-state index < -0.39 is 18.4 Å². The molecule has 106 valence electrons. The van der Waals surface area contributed by atoms with E-state index in [1.807, 2.05) is 0 Å². The largest absolute Gasteiger partial charge is 0.480 e. The monoisotopic (exact) mass is 320 g/mol. The van der Waals surface area contributed by atoms with Gasteiger partial charge < -0.3 is 10.4 Å². The van der Waals surface area contributed by atoms with Crippen LogP contribution in [0.2, 0.25) is 0 Å². The Labute approximate surface area is 128 Å². The van der Waals surface area contributed by atoms with Crippen molar-refractivity contribution >= 4 is 57.3 Å². The molecule has 0 saturated carbocycles. The van der Waals surface area contributed by atoms with E-state index in [0.29, 0.717) is 16.2 Å². The van der Waals surface area contributed by atoms with Crippen LogP contribution >= 0.6 is 24.0 Å². The summed E-state index contributed by atoms with van der Waals surface area (Å²) in [5.41, 5.74) is 1.38. The number of rotatable bonds is 2. The fraction of sp³-hybridized carbons (Fsp3) is 0.0769. The predicted octanol–water partition coefficient (Wildman–Crippen LogP) is 1.61. The van der Waals surface area contributed by atoms with E-state index in [1.165, 1.54) is 4.90 Å². The number of amides is 2. The van der Waals surface area contributed by atoms with Crippen LogP contribution in [0.4, 0.5) is 10.5 Å². The Morgan fingerprint density at radius 3 is 2.67 bits per heavy atom. The van der Waals surface area contributed by atoms with Crippen molar-refractivity contribution in [1.29, 1.82) is 0 Å². The minimum absolute atomic E-state index is 0.195. The minimum atomic E-state index is -1.11. The van der Waals surface area contributed by atoms with Crippen LogP contribution in [-0.2, 0) is 9.59 Å². The normalized spacial score (nSPS) is 20.8. The van der Waals surface area contributed by atoms with Gasteiger partial charge in [0.25, 0.3) is 11.1 Å². The number of thiocarbonyl (C=S) groups is 1. The van der Waals surface area contributed by atoms with Gasteiger partial charge in [-0.15, -0.1) is 0 Å². The Kier molecular flexibility index (Phi) is 3.26. The first kappa shape index (κ1) is 13.8. The third-order valence-electron chi connectivity index (χ3n) is 3.06. The fourth-order valence-electron chi connectivity index (χ4n) is 2.27. The van der Waals surface area contributed by atoms with Crippen LogP contribution in [0.25, 0.3) is 5.57 Å². The molecule has 0 spiro atoms. The van der Waals surface area contributed by atoms with Crippen molar-refractivity contribution < 1.29 is 19.5 Å². The maximum absolute atomic E-state index is 12.5. The van der Waals surface area contributed by atoms with Crippen molar-refractivity contribution in [3.63, 3.8) is 0 Å². The summed E-state index contributed by atoms with van der Waals surface area (Å²) >= 11 is 5.92. The van der Waals surface area contributed by atoms with Gasteiger partial charge in [-0.2, -0.15) is 0 Å². The average Bonchev–Trinajstić information content (AvgIpc) is 2.88. The molecule has 0 atom stereocenters. The topological polar surface area (TPSA) is 86.7 Å². The zero-order chi connectivity index (χ0) is 15.1. The Morgan fingerprint density at radius 1 is 1.33 bits per heavy atom. The minimum Gasteiger partial charge on any atom is -0.480 e. The summed E-state index contributed by atoms with van der Waals surface area (Å²) in [6.07, 6.45) is 0. The summed E-state index contributed by atoms with van der Waals surface area (Å²) in [7, 11) is 0. The van der Waals surface area contributed by atoms with Crippen molar-refractivity contribution in [2.24, 2.45) is 0 Å². The molecular weight excluding hydrogens is 312 g/mol. The number of carboxylic acid groups (broad SMARTS) is 1. The molecule has 0 bridgehead atoms. The number of thioether (sulfide) groups is 1. The first-order chi connectivity index (χ1) is 9.99. The van der Waals surface area contributed by atoms with E-state index in [1.54, 1.807) is 24.3 Å². The van der Waals surface area contributed by atoms with Gasteiger partial charge in [-0.1, -0.05) is 30.4 Å². The molecule has 0 radical (unpaired) electrons. The van der Waals surface area contributed by atoms with E-state index >= 15 is 0 Å². The van der Waals surface area contributed by atoms with E-state index in [-0.39, 0.29) is 15.8 Å². The molecule has 1 aromatic carbocycles. The predicted molar refractivity (Wildman–Crippen MR) is 82.1 cm³/mol. The molecule has 6 nitrogen and oxygen atoms in total. The fourth-order valence-corrected chi connectivity index (χ4v) is 3.44. The molecule has 0 aliphatic carbocycles. The van der Waals surface area contributed by atoms with Crippen molar-refractivity contribution in [3.8, 4) is 0 Å². The average molecular weight is 320 g/mol. The van der Waals surface area contributed by atoms with Gasteiger partial charge in [-0.05, 0) is 17.8 Å². The van der Waals surface area contributed by atoms with Crippen molar-refractivity contribution in [2.75, 3.05) is 11.4 Å². The van der Waals surface area contributed by atoms with Crippen LogP contribution in [0, 0.1) is 0 Å². The molecule has 3 rings (SSSR count). The first-order valence-electron chi connectivity index (χ1n) is 5.89. The van der Waals surface area contributed by atoms with Gasteiger partial charge in [0.05, 0.1) is 16.2 Å². The number of benzene rings is 1. The quantitative estimate of drug-likeness (QED) is 0.636. The molecule has 2 heterocycles. The number of carbonyl (C=O) groups is 3. The molecule has 8 heteroatoms. The number of nitrogens with zero attached hydrogens (tertiary/aromatic N) is 1. The Morgan fingerprint density at radius 2 is 2.05 bits per heavy atom. The third-order valence-corrected chi connectivity index (χ3v) is 4.40. The summed E-state index contributed by atoms with van der Waals surface area (Å²) in [5, 5.41) is 11.1. The lowest BCUT2D eigenvalue weighted by molar-refractivity contribution is -0.136. The lowest BCUT2D eigenvalue weighted by atomic mass is 10.1. The number of hydrogen-bond acceptors (Lipinski definition) is 5. The molecule has 21 heavy (non-hydrogen) atoms. The number of carboxylic acids is 1. The van der Waals surface area contributed by atoms with Gasteiger partial charge in [0.2, 0.25) is 0 Å². The van der Waals surface area contributed by atoms with Crippen LogP contribution in [0.3, 0.4) is 0 Å². The smallest absolute Gasteiger partial charge is 0.323 e. The van der Waals surface area contributed by atoms with Crippen LogP contribution in [0.5, 0.6) is 0 Å². The standard InChI is InChI=1S/C13H8N2O4S2/c16-8(17)5-15-7-4-2-1-3-6(7)9(12(15)18)10-11(20)14-13(19)21-10/h1-4H,5H2,(H,16,17)(H,14,19,20). The van der Waals surface area contributed by atoms with Crippen molar-refractivity contribution in [1.82, 2.24) is 5.32 Å². The Hall–Kier alpha value is -2.19. The second-order valence-corrected chi connectivity index (χ2v) is 5.74. The molecule has 0 aromatic heterocycles. The van der Waals surface area contributed by atoms with E-state index in [0.717, 1.165) is 11.8 Å². The van der Waals surface area contributed by atoms with E-state index in [9.17, 15) is 14.4 Å². The lowest BCUT2D eigenvalue weighted by Gasteiger charge is -2.13. The second-order valence-electron chi connectivity index (χ2n) is 4.35. The summed E-state index contributed by atoms with van der Waals surface area (Å²) in [4.78, 5) is 36.6. The molecule has 1 saturated heterocycles. The van der Waals surface area contributed by atoms with Gasteiger partial charge in [-0.25, -0.2) is 0 Å².